The van der Waals surface area contributed by atoms with Crippen molar-refractivity contribution in [2.24, 2.45) is 11.7 Å². The van der Waals surface area contributed by atoms with Gasteiger partial charge in [0.1, 0.15) is 0 Å². The van der Waals surface area contributed by atoms with Crippen LogP contribution in [0, 0.1) is 5.92 Å². The molecule has 0 bridgehead atoms. The molecule has 1 saturated heterocycles. The van der Waals surface area contributed by atoms with Gasteiger partial charge < -0.3 is 10.6 Å². The van der Waals surface area contributed by atoms with Crippen molar-refractivity contribution in [2.45, 2.75) is 26.2 Å². The summed E-state index contributed by atoms with van der Waals surface area (Å²) in [6, 6.07) is 7.86. The van der Waals surface area contributed by atoms with Crippen LogP contribution >= 0.6 is 0 Å². The number of rotatable bonds is 3. The molecule has 1 aromatic carbocycles. The maximum atomic E-state index is 12.4. The van der Waals surface area contributed by atoms with Gasteiger partial charge in [-0.25, -0.2) is 0 Å². The third kappa shape index (κ3) is 3.10. The monoisotopic (exact) mass is 246 g/mol. The second kappa shape index (κ2) is 6.01. The van der Waals surface area contributed by atoms with Crippen molar-refractivity contribution in [3.05, 3.63) is 35.4 Å². The normalized spacial score (nSPS) is 16.9. The van der Waals surface area contributed by atoms with E-state index in [0.717, 1.165) is 49.4 Å². The Morgan fingerprint density at radius 3 is 2.78 bits per heavy atom. The van der Waals surface area contributed by atoms with Crippen molar-refractivity contribution in [3.63, 3.8) is 0 Å². The van der Waals surface area contributed by atoms with Gasteiger partial charge in [0.15, 0.2) is 0 Å². The van der Waals surface area contributed by atoms with Crippen LogP contribution in [0.4, 0.5) is 0 Å². The van der Waals surface area contributed by atoms with Crippen molar-refractivity contribution in [2.75, 3.05) is 19.6 Å². The number of hydrogen-bond acceptors (Lipinski definition) is 2. The molecule has 0 aliphatic carbocycles. The summed E-state index contributed by atoms with van der Waals surface area (Å²) >= 11 is 0. The number of nitrogens with two attached hydrogens (primary N) is 1. The zero-order valence-electron chi connectivity index (χ0n) is 11.1. The van der Waals surface area contributed by atoms with Crippen LogP contribution in [-0.2, 0) is 6.42 Å². The van der Waals surface area contributed by atoms with Crippen LogP contribution in [0.3, 0.4) is 0 Å². The molecule has 2 rings (SSSR count). The summed E-state index contributed by atoms with van der Waals surface area (Å²) in [4.78, 5) is 14.3. The Balaban J connectivity index is 2.06. The highest BCUT2D eigenvalue weighted by Crippen LogP contribution is 2.18. The van der Waals surface area contributed by atoms with Crippen LogP contribution < -0.4 is 5.73 Å². The number of hydrogen-bond donors (Lipinski definition) is 1. The first kappa shape index (κ1) is 13.1. The van der Waals surface area contributed by atoms with Gasteiger partial charge in [-0.2, -0.15) is 0 Å². The van der Waals surface area contributed by atoms with Crippen LogP contribution in [-0.4, -0.2) is 30.4 Å². The van der Waals surface area contributed by atoms with Gasteiger partial charge in [-0.05, 0) is 49.4 Å². The molecule has 98 valence electrons. The Morgan fingerprint density at radius 1 is 1.39 bits per heavy atom. The topological polar surface area (TPSA) is 46.3 Å². The lowest BCUT2D eigenvalue weighted by Crippen LogP contribution is -2.37. The molecule has 0 saturated carbocycles. The molecule has 18 heavy (non-hydrogen) atoms. The molecule has 3 heteroatoms. The molecular formula is C15H22N2O. The third-order valence-corrected chi connectivity index (χ3v) is 3.68. The fraction of sp³-hybridized carbons (Fsp3) is 0.533. The van der Waals surface area contributed by atoms with Gasteiger partial charge in [0.2, 0.25) is 0 Å². The quantitative estimate of drug-likeness (QED) is 0.887. The molecule has 1 amide bonds. The van der Waals surface area contributed by atoms with E-state index in [1.54, 1.807) is 0 Å². The fourth-order valence-electron chi connectivity index (χ4n) is 2.42. The van der Waals surface area contributed by atoms with E-state index in [-0.39, 0.29) is 5.91 Å². The van der Waals surface area contributed by atoms with E-state index < -0.39 is 0 Å². The summed E-state index contributed by atoms with van der Waals surface area (Å²) < 4.78 is 0. The van der Waals surface area contributed by atoms with Gasteiger partial charge in [-0.1, -0.05) is 19.1 Å². The lowest BCUT2D eigenvalue weighted by atomic mass is 9.98. The molecule has 0 spiro atoms. The SMILES string of the molecule is CC1CCN(C(=O)c2cccc(CCN)c2)CC1. The van der Waals surface area contributed by atoms with E-state index in [9.17, 15) is 4.79 Å². The van der Waals surface area contributed by atoms with Crippen LogP contribution in [0.2, 0.25) is 0 Å². The molecular weight excluding hydrogens is 224 g/mol. The van der Waals surface area contributed by atoms with Gasteiger partial charge in [-0.15, -0.1) is 0 Å². The lowest BCUT2D eigenvalue weighted by molar-refractivity contribution is 0.0697. The fourth-order valence-corrected chi connectivity index (χ4v) is 2.42. The van der Waals surface area contributed by atoms with Gasteiger partial charge in [0.05, 0.1) is 0 Å². The molecule has 0 atom stereocenters. The maximum absolute atomic E-state index is 12.4. The maximum Gasteiger partial charge on any atom is 0.253 e. The summed E-state index contributed by atoms with van der Waals surface area (Å²) in [5, 5.41) is 0. The number of likely N-dealkylation sites (tertiary alicyclic amines) is 1. The van der Waals surface area contributed by atoms with Gasteiger partial charge in [-0.3, -0.25) is 4.79 Å². The third-order valence-electron chi connectivity index (χ3n) is 3.68. The van der Waals surface area contributed by atoms with Crippen LogP contribution in [0.15, 0.2) is 24.3 Å². The van der Waals surface area contributed by atoms with E-state index in [1.807, 2.05) is 29.2 Å². The number of benzene rings is 1. The van der Waals surface area contributed by atoms with Gasteiger partial charge in [0, 0.05) is 18.7 Å². The van der Waals surface area contributed by atoms with E-state index in [2.05, 4.69) is 6.92 Å². The highest BCUT2D eigenvalue weighted by atomic mass is 16.2. The van der Waals surface area contributed by atoms with E-state index in [4.69, 9.17) is 5.73 Å². The Hall–Kier alpha value is -1.35. The number of amides is 1. The van der Waals surface area contributed by atoms with E-state index in [0.29, 0.717) is 6.54 Å². The molecule has 1 fully saturated rings. The zero-order chi connectivity index (χ0) is 13.0. The second-order valence-corrected chi connectivity index (χ2v) is 5.21. The van der Waals surface area contributed by atoms with Crippen molar-refractivity contribution >= 4 is 5.91 Å². The molecule has 1 aliphatic heterocycles. The number of carbonyl (C=O) groups excluding carboxylic acids is 1. The van der Waals surface area contributed by atoms with Gasteiger partial charge in [0.25, 0.3) is 5.91 Å². The highest BCUT2D eigenvalue weighted by molar-refractivity contribution is 5.94. The first-order valence-corrected chi connectivity index (χ1v) is 6.79. The Kier molecular flexibility index (Phi) is 4.37. The molecule has 0 radical (unpaired) electrons. The first-order valence-electron chi connectivity index (χ1n) is 6.79. The van der Waals surface area contributed by atoms with Crippen LogP contribution in [0.1, 0.15) is 35.7 Å². The first-order chi connectivity index (χ1) is 8.70. The van der Waals surface area contributed by atoms with E-state index >= 15 is 0 Å². The zero-order valence-corrected chi connectivity index (χ0v) is 11.1. The van der Waals surface area contributed by atoms with Crippen molar-refractivity contribution in [3.8, 4) is 0 Å². The minimum absolute atomic E-state index is 0.167. The summed E-state index contributed by atoms with van der Waals surface area (Å²) in [7, 11) is 0. The molecule has 1 aromatic rings. The predicted molar refractivity (Wildman–Crippen MR) is 73.5 cm³/mol. The molecule has 2 N–H and O–H groups in total. The summed E-state index contributed by atoms with van der Waals surface area (Å²) in [5.74, 6) is 0.915. The second-order valence-electron chi connectivity index (χ2n) is 5.21. The molecule has 1 heterocycles. The molecule has 0 unspecified atom stereocenters. The van der Waals surface area contributed by atoms with Crippen LogP contribution in [0.5, 0.6) is 0 Å². The van der Waals surface area contributed by atoms with Crippen molar-refractivity contribution in [1.29, 1.82) is 0 Å². The molecule has 3 nitrogen and oxygen atoms in total. The van der Waals surface area contributed by atoms with Gasteiger partial charge >= 0.3 is 0 Å². The van der Waals surface area contributed by atoms with Crippen molar-refractivity contribution < 1.29 is 4.79 Å². The average molecular weight is 246 g/mol. The van der Waals surface area contributed by atoms with E-state index in [1.165, 1.54) is 0 Å². The predicted octanol–water partition coefficient (Wildman–Crippen LogP) is 2.06. The lowest BCUT2D eigenvalue weighted by Gasteiger charge is -2.30. The van der Waals surface area contributed by atoms with Crippen molar-refractivity contribution in [1.82, 2.24) is 4.90 Å². The minimum Gasteiger partial charge on any atom is -0.339 e. The Bertz CT molecular complexity index is 409. The number of nitrogens with zero attached hydrogens (tertiary/aromatic N) is 1. The average Bonchev–Trinajstić information content (AvgIpc) is 2.39. The smallest absolute Gasteiger partial charge is 0.253 e. The minimum atomic E-state index is 0.167. The highest BCUT2D eigenvalue weighted by Gasteiger charge is 2.21. The molecule has 0 aromatic heterocycles. The largest absolute Gasteiger partial charge is 0.339 e. The Morgan fingerprint density at radius 2 is 2.11 bits per heavy atom. The number of piperidine rings is 1. The summed E-state index contributed by atoms with van der Waals surface area (Å²) in [5.41, 5.74) is 7.50. The number of carbonyl (C=O) groups is 1. The van der Waals surface area contributed by atoms with Crippen LogP contribution in [0.25, 0.3) is 0 Å². The Labute approximate surface area is 109 Å². The summed E-state index contributed by atoms with van der Waals surface area (Å²) in [6.07, 6.45) is 3.07. The molecule has 1 aliphatic rings. The standard InChI is InChI=1S/C15H22N2O/c1-12-6-9-17(10-7-12)15(18)14-4-2-3-13(11-14)5-8-16/h2-4,11-12H,5-10,16H2,1H3. The summed E-state index contributed by atoms with van der Waals surface area (Å²) in [6.45, 7) is 4.66.